The normalized spacial score (nSPS) is 28.9. The Hall–Kier alpha value is 0.0969. The van der Waals surface area contributed by atoms with Gasteiger partial charge in [-0.1, -0.05) is 0 Å². The molecule has 0 amide bonds. The Kier molecular flexibility index (Phi) is 4.57. The van der Waals surface area contributed by atoms with E-state index in [2.05, 4.69) is 37.0 Å². The first-order valence-electron chi connectivity index (χ1n) is 5.62. The lowest BCUT2D eigenvalue weighted by Gasteiger charge is -2.32. The van der Waals surface area contributed by atoms with E-state index in [0.29, 0.717) is 0 Å². The lowest BCUT2D eigenvalue weighted by Crippen LogP contribution is -2.51. The Morgan fingerprint density at radius 1 is 1.43 bits per heavy atom. The van der Waals surface area contributed by atoms with Gasteiger partial charge in [-0.15, -0.1) is 0 Å². The maximum absolute atomic E-state index is 5.98. The van der Waals surface area contributed by atoms with E-state index in [9.17, 15) is 0 Å². The van der Waals surface area contributed by atoms with Crippen molar-refractivity contribution in [1.82, 2.24) is 9.47 Å². The Bertz CT molecular complexity index is 178. The van der Waals surface area contributed by atoms with Crippen molar-refractivity contribution in [2.75, 3.05) is 40.3 Å². The monoisotopic (exact) mass is 216 g/mol. The van der Waals surface area contributed by atoms with Crippen LogP contribution in [0.1, 0.15) is 13.3 Å². The molecule has 1 rings (SSSR count). The van der Waals surface area contributed by atoms with Gasteiger partial charge in [0.2, 0.25) is 0 Å². The summed E-state index contributed by atoms with van der Waals surface area (Å²) < 4.78 is 8.59. The van der Waals surface area contributed by atoms with Gasteiger partial charge >= 0.3 is 0 Å². The van der Waals surface area contributed by atoms with Crippen LogP contribution in [0.4, 0.5) is 0 Å². The minimum absolute atomic E-state index is 0.876. The van der Waals surface area contributed by atoms with Crippen LogP contribution >= 0.6 is 0 Å². The van der Waals surface area contributed by atoms with Crippen molar-refractivity contribution in [2.24, 2.45) is 0 Å². The maximum Gasteiger partial charge on any atom is 0.268 e. The van der Waals surface area contributed by atoms with Gasteiger partial charge in [0.25, 0.3) is 8.48 Å². The lowest BCUT2D eigenvalue weighted by atomic mass is 10.4. The quantitative estimate of drug-likeness (QED) is 0.646. The molecule has 0 aliphatic carbocycles. The Balaban J connectivity index is 2.42. The van der Waals surface area contributed by atoms with E-state index in [1.807, 2.05) is 0 Å². The van der Waals surface area contributed by atoms with Gasteiger partial charge in [-0.2, -0.15) is 0 Å². The third kappa shape index (κ3) is 3.05. The third-order valence-corrected chi connectivity index (χ3v) is 6.99. The van der Waals surface area contributed by atoms with Crippen LogP contribution in [0.25, 0.3) is 0 Å². The Morgan fingerprint density at radius 2 is 2.14 bits per heavy atom. The molecule has 0 N–H and O–H groups in total. The second kappa shape index (κ2) is 5.26. The van der Waals surface area contributed by atoms with Crippen LogP contribution in [0, 0.1) is 0 Å². The van der Waals surface area contributed by atoms with Gasteiger partial charge in [0, 0.05) is 19.7 Å². The van der Waals surface area contributed by atoms with Crippen molar-refractivity contribution in [3.05, 3.63) is 0 Å². The van der Waals surface area contributed by atoms with Crippen LogP contribution in [0.2, 0.25) is 12.6 Å². The summed E-state index contributed by atoms with van der Waals surface area (Å²) in [5.41, 5.74) is 0. The van der Waals surface area contributed by atoms with E-state index in [1.165, 1.54) is 25.6 Å². The zero-order chi connectivity index (χ0) is 10.6. The van der Waals surface area contributed by atoms with Crippen molar-refractivity contribution in [3.63, 3.8) is 0 Å². The highest BCUT2D eigenvalue weighted by Crippen LogP contribution is 2.26. The molecule has 14 heavy (non-hydrogen) atoms. The molecule has 1 unspecified atom stereocenters. The fourth-order valence-electron chi connectivity index (χ4n) is 2.14. The van der Waals surface area contributed by atoms with Gasteiger partial charge in [0.05, 0.1) is 0 Å². The fourth-order valence-corrected chi connectivity index (χ4v) is 5.42. The molecule has 0 aromatic heterocycles. The number of hydrogen-bond donors (Lipinski definition) is 0. The summed E-state index contributed by atoms with van der Waals surface area (Å²) in [6.07, 6.45) is 1.33. The minimum atomic E-state index is -1.48. The zero-order valence-electron chi connectivity index (χ0n) is 10.0. The van der Waals surface area contributed by atoms with E-state index < -0.39 is 8.48 Å². The van der Waals surface area contributed by atoms with Crippen molar-refractivity contribution in [3.8, 4) is 0 Å². The third-order valence-electron chi connectivity index (χ3n) is 3.01. The molecule has 1 fully saturated rings. The van der Waals surface area contributed by atoms with Crippen molar-refractivity contribution in [1.29, 1.82) is 0 Å². The predicted octanol–water partition coefficient (Wildman–Crippen LogP) is 1.36. The molecule has 84 valence electrons. The molecule has 1 atom stereocenters. The molecule has 0 radical (unpaired) electrons. The summed E-state index contributed by atoms with van der Waals surface area (Å²) in [6, 6.07) is 1.31. The summed E-state index contributed by atoms with van der Waals surface area (Å²) in [6.45, 7) is 8.92. The number of likely N-dealkylation sites (N-methyl/N-ethyl adjacent to an activating group) is 1. The van der Waals surface area contributed by atoms with E-state index in [4.69, 9.17) is 4.43 Å². The van der Waals surface area contributed by atoms with Crippen LogP contribution in [-0.2, 0) is 4.43 Å². The standard InChI is InChI=1S/C10H24N2OSi/c1-5-13-14(4)10-6-7-12(14)9-8-11(2)3/h5-10H2,1-4H3. The highest BCUT2D eigenvalue weighted by Gasteiger charge is 2.40. The summed E-state index contributed by atoms with van der Waals surface area (Å²) >= 11 is 0. The smallest absolute Gasteiger partial charge is 0.268 e. The van der Waals surface area contributed by atoms with Crippen molar-refractivity contribution < 1.29 is 4.43 Å². The van der Waals surface area contributed by atoms with E-state index in [0.717, 1.165) is 13.2 Å². The van der Waals surface area contributed by atoms with Crippen LogP contribution in [0.15, 0.2) is 0 Å². The number of rotatable bonds is 5. The Labute approximate surface area is 89.2 Å². The SMILES string of the molecule is CCO[Si]1(C)CCCN1CCN(C)C. The molecular weight excluding hydrogens is 192 g/mol. The summed E-state index contributed by atoms with van der Waals surface area (Å²) in [5, 5.41) is 0. The van der Waals surface area contributed by atoms with Crippen molar-refractivity contribution in [2.45, 2.75) is 25.9 Å². The Morgan fingerprint density at radius 3 is 2.71 bits per heavy atom. The van der Waals surface area contributed by atoms with Crippen LogP contribution < -0.4 is 0 Å². The molecule has 1 aliphatic heterocycles. The van der Waals surface area contributed by atoms with Crippen LogP contribution in [-0.4, -0.2) is 58.3 Å². The summed E-state index contributed by atoms with van der Waals surface area (Å²) in [7, 11) is 2.79. The second-order valence-corrected chi connectivity index (χ2v) is 8.27. The zero-order valence-corrected chi connectivity index (χ0v) is 11.0. The fraction of sp³-hybridized carbons (Fsp3) is 1.00. The molecule has 4 heteroatoms. The van der Waals surface area contributed by atoms with Crippen LogP contribution in [0.5, 0.6) is 0 Å². The average Bonchev–Trinajstić information content (AvgIpc) is 2.44. The van der Waals surface area contributed by atoms with Gasteiger partial charge in [-0.3, -0.25) is 0 Å². The molecule has 1 saturated heterocycles. The number of hydrogen-bond acceptors (Lipinski definition) is 3. The molecule has 0 aromatic rings. The molecule has 1 aliphatic rings. The van der Waals surface area contributed by atoms with Crippen molar-refractivity contribution >= 4 is 8.48 Å². The summed E-state index contributed by atoms with van der Waals surface area (Å²) in [5.74, 6) is 0. The molecular formula is C10H24N2OSi. The lowest BCUT2D eigenvalue weighted by molar-refractivity contribution is 0.256. The van der Waals surface area contributed by atoms with E-state index in [1.54, 1.807) is 0 Å². The molecule has 1 heterocycles. The first kappa shape index (κ1) is 12.2. The topological polar surface area (TPSA) is 15.7 Å². The van der Waals surface area contributed by atoms with Gasteiger partial charge < -0.3 is 13.9 Å². The highest BCUT2D eigenvalue weighted by molar-refractivity contribution is 6.70. The first-order chi connectivity index (χ1) is 6.58. The molecule has 0 aromatic carbocycles. The largest absolute Gasteiger partial charge is 0.403 e. The molecule has 0 saturated carbocycles. The maximum atomic E-state index is 5.98. The second-order valence-electron chi connectivity index (χ2n) is 4.50. The minimum Gasteiger partial charge on any atom is -0.403 e. The predicted molar refractivity (Wildman–Crippen MR) is 62.8 cm³/mol. The van der Waals surface area contributed by atoms with Crippen LogP contribution in [0.3, 0.4) is 0 Å². The molecule has 0 bridgehead atoms. The van der Waals surface area contributed by atoms with E-state index in [-0.39, 0.29) is 0 Å². The molecule has 3 nitrogen and oxygen atoms in total. The number of nitrogens with zero attached hydrogens (tertiary/aromatic N) is 2. The first-order valence-corrected chi connectivity index (χ1v) is 8.18. The van der Waals surface area contributed by atoms with Gasteiger partial charge in [0.1, 0.15) is 0 Å². The van der Waals surface area contributed by atoms with Gasteiger partial charge in [0.15, 0.2) is 0 Å². The molecule has 0 spiro atoms. The van der Waals surface area contributed by atoms with Gasteiger partial charge in [-0.05, 0) is 46.6 Å². The van der Waals surface area contributed by atoms with E-state index >= 15 is 0 Å². The highest BCUT2D eigenvalue weighted by atomic mass is 28.4. The average molecular weight is 216 g/mol. The van der Waals surface area contributed by atoms with Gasteiger partial charge in [-0.25, -0.2) is 0 Å². The summed E-state index contributed by atoms with van der Waals surface area (Å²) in [4.78, 5) is 2.25.